The van der Waals surface area contributed by atoms with E-state index in [1.54, 1.807) is 19.9 Å². The summed E-state index contributed by atoms with van der Waals surface area (Å²) in [5, 5.41) is 20.6. The Morgan fingerprint density at radius 3 is 2.50 bits per heavy atom. The first-order valence-corrected chi connectivity index (χ1v) is 9.89. The molecule has 4 heteroatoms. The molecule has 0 saturated carbocycles. The first-order valence-electron chi connectivity index (χ1n) is 9.89. The Bertz CT molecular complexity index is 897. The van der Waals surface area contributed by atoms with Crippen LogP contribution in [0.1, 0.15) is 58.9 Å². The van der Waals surface area contributed by atoms with Crippen molar-refractivity contribution in [2.24, 2.45) is 0 Å². The zero-order valence-electron chi connectivity index (χ0n) is 17.4. The summed E-state index contributed by atoms with van der Waals surface area (Å²) < 4.78 is 5.24. The lowest BCUT2D eigenvalue weighted by atomic mass is 9.95. The van der Waals surface area contributed by atoms with Crippen molar-refractivity contribution in [1.29, 1.82) is 0 Å². The maximum absolute atomic E-state index is 11.4. The van der Waals surface area contributed by atoms with E-state index in [1.807, 2.05) is 12.1 Å². The largest absolute Gasteiger partial charge is 0.423 e. The van der Waals surface area contributed by atoms with Crippen LogP contribution in [0.15, 0.2) is 62.8 Å². The molecule has 0 aliphatic heterocycles. The van der Waals surface area contributed by atoms with E-state index >= 15 is 0 Å². The molecule has 0 spiro atoms. The van der Waals surface area contributed by atoms with E-state index < -0.39 is 11.7 Å². The predicted molar refractivity (Wildman–Crippen MR) is 114 cm³/mol. The van der Waals surface area contributed by atoms with Gasteiger partial charge in [-0.2, -0.15) is 0 Å². The van der Waals surface area contributed by atoms with Gasteiger partial charge in [0.1, 0.15) is 5.58 Å². The van der Waals surface area contributed by atoms with Gasteiger partial charge in [0, 0.05) is 11.5 Å². The summed E-state index contributed by atoms with van der Waals surface area (Å²) in [6.45, 7) is 7.46. The minimum atomic E-state index is -1.05. The second-order valence-corrected chi connectivity index (χ2v) is 8.18. The first-order chi connectivity index (χ1) is 13.1. The summed E-state index contributed by atoms with van der Waals surface area (Å²) in [5.74, 6) is 0. The van der Waals surface area contributed by atoms with Gasteiger partial charge in [-0.1, -0.05) is 35.4 Å². The van der Waals surface area contributed by atoms with Crippen molar-refractivity contribution in [3.05, 3.63) is 69.6 Å². The van der Waals surface area contributed by atoms with Crippen molar-refractivity contribution < 1.29 is 14.6 Å². The molecule has 0 aliphatic rings. The number of allylic oxidation sites excluding steroid dienone is 4. The highest BCUT2D eigenvalue weighted by atomic mass is 16.4. The molecule has 2 rings (SSSR count). The normalized spacial score (nSPS) is 14.5. The summed E-state index contributed by atoms with van der Waals surface area (Å²) in [4.78, 5) is 11.4. The average Bonchev–Trinajstić information content (AvgIpc) is 2.63. The molecular weight excluding hydrogens is 352 g/mol. The number of aliphatic hydroxyl groups is 2. The van der Waals surface area contributed by atoms with Gasteiger partial charge < -0.3 is 14.6 Å². The molecule has 152 valence electrons. The number of benzene rings is 1. The minimum absolute atomic E-state index is 0.325. The highest BCUT2D eigenvalue weighted by Gasteiger charge is 2.23. The third-order valence-corrected chi connectivity index (χ3v) is 5.03. The Morgan fingerprint density at radius 1 is 1.11 bits per heavy atom. The van der Waals surface area contributed by atoms with Crippen LogP contribution < -0.4 is 5.63 Å². The lowest BCUT2D eigenvalue weighted by Gasteiger charge is -2.24. The highest BCUT2D eigenvalue weighted by Crippen LogP contribution is 2.18. The van der Waals surface area contributed by atoms with Gasteiger partial charge in [0.25, 0.3) is 0 Å². The van der Waals surface area contributed by atoms with Crippen molar-refractivity contribution in [1.82, 2.24) is 0 Å². The van der Waals surface area contributed by atoms with Crippen LogP contribution in [0.5, 0.6) is 0 Å². The molecular formula is C24H32O4. The van der Waals surface area contributed by atoms with Crippen LogP contribution in [0.4, 0.5) is 0 Å². The Labute approximate surface area is 167 Å². The molecule has 0 fully saturated rings. The molecule has 2 aromatic rings. The molecule has 0 bridgehead atoms. The molecule has 1 unspecified atom stereocenters. The fraction of sp³-hybridized carbons (Fsp3) is 0.458. The van der Waals surface area contributed by atoms with E-state index in [2.05, 4.69) is 32.1 Å². The van der Waals surface area contributed by atoms with Gasteiger partial charge in [-0.05, 0) is 77.5 Å². The zero-order chi connectivity index (χ0) is 20.7. The molecule has 1 heterocycles. The monoisotopic (exact) mass is 384 g/mol. The third kappa shape index (κ3) is 7.10. The first kappa shape index (κ1) is 22.1. The van der Waals surface area contributed by atoms with E-state index in [0.29, 0.717) is 12.0 Å². The molecule has 0 amide bonds. The van der Waals surface area contributed by atoms with Crippen molar-refractivity contribution in [2.75, 3.05) is 0 Å². The summed E-state index contributed by atoms with van der Waals surface area (Å²) in [6.07, 6.45) is 7.81. The SMILES string of the molecule is CC(=CCc1ccc2ccc(=O)oc2c1)CCC=C(C)CCC(O)C(C)(C)O. The smallest absolute Gasteiger partial charge is 0.336 e. The Balaban J connectivity index is 1.83. The number of hydrogen-bond donors (Lipinski definition) is 2. The second-order valence-electron chi connectivity index (χ2n) is 8.18. The third-order valence-electron chi connectivity index (χ3n) is 5.03. The lowest BCUT2D eigenvalue weighted by molar-refractivity contribution is -0.0509. The standard InChI is InChI=1S/C24H32O4/c1-17(6-5-7-18(2)9-14-22(25)24(3,4)27)8-10-19-11-12-20-13-15-23(26)28-21(20)16-19/h7-8,11-13,15-16,22,25,27H,5-6,9-10,14H2,1-4H3. The number of rotatable bonds is 9. The summed E-state index contributed by atoms with van der Waals surface area (Å²) >= 11 is 0. The second kappa shape index (κ2) is 9.85. The van der Waals surface area contributed by atoms with E-state index in [0.717, 1.165) is 36.6 Å². The molecule has 1 atom stereocenters. The van der Waals surface area contributed by atoms with Crippen LogP contribution in [0, 0.1) is 0 Å². The fourth-order valence-corrected chi connectivity index (χ4v) is 2.99. The molecule has 1 aromatic carbocycles. The van der Waals surface area contributed by atoms with Gasteiger partial charge in [0.15, 0.2) is 0 Å². The van der Waals surface area contributed by atoms with Crippen LogP contribution in [0.2, 0.25) is 0 Å². The van der Waals surface area contributed by atoms with Crippen molar-refractivity contribution in [3.8, 4) is 0 Å². The minimum Gasteiger partial charge on any atom is -0.423 e. The lowest BCUT2D eigenvalue weighted by Crippen LogP contribution is -2.35. The summed E-state index contributed by atoms with van der Waals surface area (Å²) in [7, 11) is 0. The molecule has 0 saturated heterocycles. The van der Waals surface area contributed by atoms with E-state index in [1.165, 1.54) is 17.2 Å². The van der Waals surface area contributed by atoms with E-state index in [9.17, 15) is 15.0 Å². The molecule has 0 radical (unpaired) electrons. The van der Waals surface area contributed by atoms with Crippen LogP contribution >= 0.6 is 0 Å². The topological polar surface area (TPSA) is 70.7 Å². The van der Waals surface area contributed by atoms with Gasteiger partial charge in [-0.25, -0.2) is 4.79 Å². The van der Waals surface area contributed by atoms with Crippen molar-refractivity contribution >= 4 is 11.0 Å². The quantitative estimate of drug-likeness (QED) is 0.475. The van der Waals surface area contributed by atoms with Gasteiger partial charge in [0.05, 0.1) is 11.7 Å². The van der Waals surface area contributed by atoms with Gasteiger partial charge in [-0.15, -0.1) is 0 Å². The molecule has 2 N–H and O–H groups in total. The fourth-order valence-electron chi connectivity index (χ4n) is 2.99. The van der Waals surface area contributed by atoms with Gasteiger partial charge in [0.2, 0.25) is 0 Å². The molecule has 1 aromatic heterocycles. The van der Waals surface area contributed by atoms with Gasteiger partial charge in [-0.3, -0.25) is 0 Å². The zero-order valence-corrected chi connectivity index (χ0v) is 17.4. The number of aliphatic hydroxyl groups excluding tert-OH is 1. The van der Waals surface area contributed by atoms with Crippen molar-refractivity contribution in [3.63, 3.8) is 0 Å². The maximum atomic E-state index is 11.4. The Hall–Kier alpha value is -2.17. The number of hydrogen-bond acceptors (Lipinski definition) is 4. The average molecular weight is 385 g/mol. The van der Waals surface area contributed by atoms with Crippen LogP contribution in [0.3, 0.4) is 0 Å². The van der Waals surface area contributed by atoms with Crippen LogP contribution in [-0.2, 0) is 6.42 Å². The van der Waals surface area contributed by atoms with E-state index in [4.69, 9.17) is 4.42 Å². The van der Waals surface area contributed by atoms with Crippen molar-refractivity contribution in [2.45, 2.75) is 71.5 Å². The predicted octanol–water partition coefficient (Wildman–Crippen LogP) is 4.92. The molecule has 28 heavy (non-hydrogen) atoms. The van der Waals surface area contributed by atoms with Gasteiger partial charge >= 0.3 is 5.63 Å². The number of fused-ring (bicyclic) bond motifs is 1. The van der Waals surface area contributed by atoms with E-state index in [-0.39, 0.29) is 5.63 Å². The summed E-state index contributed by atoms with van der Waals surface area (Å²) in [5.41, 5.74) is 2.92. The Morgan fingerprint density at radius 2 is 1.79 bits per heavy atom. The molecule has 0 aliphatic carbocycles. The van der Waals surface area contributed by atoms with Crippen LogP contribution in [-0.4, -0.2) is 21.9 Å². The highest BCUT2D eigenvalue weighted by molar-refractivity contribution is 5.76. The molecule has 4 nitrogen and oxygen atoms in total. The van der Waals surface area contributed by atoms with Crippen LogP contribution in [0.25, 0.3) is 11.0 Å². The maximum Gasteiger partial charge on any atom is 0.336 e. The summed E-state index contributed by atoms with van der Waals surface area (Å²) in [6, 6.07) is 9.18. The Kier molecular flexibility index (Phi) is 7.78.